The molecule has 1 aromatic carbocycles. The minimum absolute atomic E-state index is 0.155. The smallest absolute Gasteiger partial charge is 0.246 e. The predicted molar refractivity (Wildman–Crippen MR) is 77.0 cm³/mol. The fourth-order valence-electron chi connectivity index (χ4n) is 1.63. The summed E-state index contributed by atoms with van der Waals surface area (Å²) in [6.07, 6.45) is 0. The number of likely N-dealkylation sites (N-methyl/N-ethyl adjacent to an activating group) is 1. The lowest BCUT2D eigenvalue weighted by atomic mass is 10.3. The van der Waals surface area contributed by atoms with Crippen LogP contribution in [-0.4, -0.2) is 46.6 Å². The van der Waals surface area contributed by atoms with Crippen molar-refractivity contribution in [1.82, 2.24) is 4.31 Å². The third-order valence-electron chi connectivity index (χ3n) is 2.64. The summed E-state index contributed by atoms with van der Waals surface area (Å²) >= 11 is 3.28. The van der Waals surface area contributed by atoms with Crippen molar-refractivity contribution in [2.45, 2.75) is 11.8 Å². The van der Waals surface area contributed by atoms with Crippen molar-refractivity contribution in [3.63, 3.8) is 0 Å². The molecule has 0 aliphatic heterocycles. The van der Waals surface area contributed by atoms with Gasteiger partial charge in [-0.2, -0.15) is 4.31 Å². The van der Waals surface area contributed by atoms with Crippen LogP contribution in [0.4, 0.5) is 0 Å². The van der Waals surface area contributed by atoms with Crippen LogP contribution in [0.3, 0.4) is 0 Å². The molecule has 0 saturated heterocycles. The normalized spacial score (nSPS) is 11.8. The maximum atomic E-state index is 12.6. The van der Waals surface area contributed by atoms with Crippen LogP contribution in [0.25, 0.3) is 0 Å². The largest absolute Gasteiger partial charge is 0.495 e. The molecule has 0 radical (unpaired) electrons. The molecule has 19 heavy (non-hydrogen) atoms. The zero-order chi connectivity index (χ0) is 14.5. The quantitative estimate of drug-likeness (QED) is 0.754. The number of nitrogens with zero attached hydrogens (tertiary/aromatic N) is 1. The molecule has 0 aliphatic rings. The molecule has 1 rings (SSSR count). The van der Waals surface area contributed by atoms with Crippen LogP contribution in [0.15, 0.2) is 27.6 Å². The van der Waals surface area contributed by atoms with Crippen LogP contribution in [0.2, 0.25) is 0 Å². The van der Waals surface area contributed by atoms with E-state index < -0.39 is 10.0 Å². The van der Waals surface area contributed by atoms with E-state index in [9.17, 15) is 8.42 Å². The third kappa shape index (κ3) is 3.92. The van der Waals surface area contributed by atoms with Crippen molar-refractivity contribution in [2.24, 2.45) is 0 Å². The number of ether oxygens (including phenoxy) is 2. The highest BCUT2D eigenvalue weighted by atomic mass is 79.9. The maximum absolute atomic E-state index is 12.6. The molecule has 0 N–H and O–H groups in total. The second-order valence-corrected chi connectivity index (χ2v) is 6.61. The number of benzene rings is 1. The Bertz CT molecular complexity index is 518. The minimum atomic E-state index is -3.59. The second-order valence-electron chi connectivity index (χ2n) is 3.78. The van der Waals surface area contributed by atoms with Gasteiger partial charge in [0, 0.05) is 24.7 Å². The number of hydrogen-bond acceptors (Lipinski definition) is 4. The van der Waals surface area contributed by atoms with E-state index in [0.29, 0.717) is 29.9 Å². The number of rotatable bonds is 7. The van der Waals surface area contributed by atoms with E-state index in [1.807, 2.05) is 0 Å². The van der Waals surface area contributed by atoms with Crippen LogP contribution in [0, 0.1) is 0 Å². The summed E-state index contributed by atoms with van der Waals surface area (Å²) in [5, 5.41) is 0. The zero-order valence-corrected chi connectivity index (χ0v) is 13.6. The Morgan fingerprint density at radius 2 is 2.00 bits per heavy atom. The Morgan fingerprint density at radius 3 is 2.53 bits per heavy atom. The van der Waals surface area contributed by atoms with Gasteiger partial charge in [0.25, 0.3) is 0 Å². The SMILES string of the molecule is CCN(CCOC)S(=O)(=O)c1cc(Br)ccc1OC. The Kier molecular flexibility index (Phi) is 6.25. The van der Waals surface area contributed by atoms with Gasteiger partial charge in [0.05, 0.1) is 13.7 Å². The first kappa shape index (κ1) is 16.4. The Hall–Kier alpha value is -0.630. The van der Waals surface area contributed by atoms with Gasteiger partial charge in [0.1, 0.15) is 10.6 Å². The molecule has 5 nitrogen and oxygen atoms in total. The highest BCUT2D eigenvalue weighted by Gasteiger charge is 2.26. The molecule has 0 atom stereocenters. The van der Waals surface area contributed by atoms with E-state index in [0.717, 1.165) is 0 Å². The molecule has 1 aromatic rings. The summed E-state index contributed by atoms with van der Waals surface area (Å²) in [6.45, 7) is 2.83. The minimum Gasteiger partial charge on any atom is -0.495 e. The van der Waals surface area contributed by atoms with Crippen LogP contribution < -0.4 is 4.74 Å². The lowest BCUT2D eigenvalue weighted by Crippen LogP contribution is -2.34. The van der Waals surface area contributed by atoms with Gasteiger partial charge in [0.2, 0.25) is 10.0 Å². The molecule has 108 valence electrons. The van der Waals surface area contributed by atoms with E-state index in [1.165, 1.54) is 11.4 Å². The van der Waals surface area contributed by atoms with E-state index in [-0.39, 0.29) is 4.90 Å². The summed E-state index contributed by atoms with van der Waals surface area (Å²) in [7, 11) is -0.596. The first-order valence-electron chi connectivity index (χ1n) is 5.80. The lowest BCUT2D eigenvalue weighted by molar-refractivity contribution is 0.180. The number of sulfonamides is 1. The zero-order valence-electron chi connectivity index (χ0n) is 11.2. The van der Waals surface area contributed by atoms with Gasteiger partial charge in [-0.05, 0) is 18.2 Å². The van der Waals surface area contributed by atoms with Crippen molar-refractivity contribution in [3.05, 3.63) is 22.7 Å². The lowest BCUT2D eigenvalue weighted by Gasteiger charge is -2.21. The average molecular weight is 352 g/mol. The van der Waals surface area contributed by atoms with Crippen LogP contribution >= 0.6 is 15.9 Å². The van der Waals surface area contributed by atoms with Gasteiger partial charge in [-0.15, -0.1) is 0 Å². The highest BCUT2D eigenvalue weighted by Crippen LogP contribution is 2.29. The molecule has 0 heterocycles. The monoisotopic (exact) mass is 351 g/mol. The summed E-state index contributed by atoms with van der Waals surface area (Å²) < 4.78 is 37.3. The van der Waals surface area contributed by atoms with Crippen molar-refractivity contribution in [1.29, 1.82) is 0 Å². The molecule has 0 saturated carbocycles. The maximum Gasteiger partial charge on any atom is 0.246 e. The average Bonchev–Trinajstić information content (AvgIpc) is 2.39. The second kappa shape index (κ2) is 7.23. The van der Waals surface area contributed by atoms with Crippen LogP contribution in [0.1, 0.15) is 6.92 Å². The van der Waals surface area contributed by atoms with Gasteiger partial charge < -0.3 is 9.47 Å². The van der Waals surface area contributed by atoms with Gasteiger partial charge >= 0.3 is 0 Å². The Morgan fingerprint density at radius 1 is 1.32 bits per heavy atom. The van der Waals surface area contributed by atoms with Gasteiger partial charge in [-0.25, -0.2) is 8.42 Å². The van der Waals surface area contributed by atoms with Crippen molar-refractivity contribution in [2.75, 3.05) is 33.9 Å². The molecule has 0 bridgehead atoms. The summed E-state index contributed by atoms with van der Waals surface area (Å²) in [5.74, 6) is 0.332. The van der Waals surface area contributed by atoms with E-state index in [4.69, 9.17) is 9.47 Å². The number of halogens is 1. The third-order valence-corrected chi connectivity index (χ3v) is 5.13. The summed E-state index contributed by atoms with van der Waals surface area (Å²) in [6, 6.07) is 4.91. The van der Waals surface area contributed by atoms with Crippen LogP contribution in [-0.2, 0) is 14.8 Å². The van der Waals surface area contributed by atoms with Gasteiger partial charge in [-0.3, -0.25) is 0 Å². The molecular formula is C12H18BrNO4S. The molecule has 0 aliphatic carbocycles. The van der Waals surface area contributed by atoms with E-state index in [1.54, 1.807) is 32.2 Å². The van der Waals surface area contributed by atoms with E-state index >= 15 is 0 Å². The highest BCUT2D eigenvalue weighted by molar-refractivity contribution is 9.10. The molecular weight excluding hydrogens is 334 g/mol. The fourth-order valence-corrected chi connectivity index (χ4v) is 3.76. The Balaban J connectivity index is 3.20. The van der Waals surface area contributed by atoms with E-state index in [2.05, 4.69) is 15.9 Å². The molecule has 7 heteroatoms. The van der Waals surface area contributed by atoms with Crippen molar-refractivity contribution in [3.8, 4) is 5.75 Å². The van der Waals surface area contributed by atoms with Crippen molar-refractivity contribution >= 4 is 26.0 Å². The molecule has 0 fully saturated rings. The first-order chi connectivity index (χ1) is 8.97. The van der Waals surface area contributed by atoms with Crippen LogP contribution in [0.5, 0.6) is 5.75 Å². The molecule has 0 amide bonds. The standard InChI is InChI=1S/C12H18BrNO4S/c1-4-14(7-8-17-2)19(15,16)12-9-10(13)5-6-11(12)18-3/h5-6,9H,4,7-8H2,1-3H3. The molecule has 0 unspecified atom stereocenters. The predicted octanol–water partition coefficient (Wildman–Crippen LogP) is 2.11. The van der Waals surface area contributed by atoms with Crippen molar-refractivity contribution < 1.29 is 17.9 Å². The Labute approximate surface area is 122 Å². The summed E-state index contributed by atoms with van der Waals surface area (Å²) in [4.78, 5) is 0.155. The number of hydrogen-bond donors (Lipinski definition) is 0. The fraction of sp³-hybridized carbons (Fsp3) is 0.500. The first-order valence-corrected chi connectivity index (χ1v) is 8.03. The molecule has 0 aromatic heterocycles. The topological polar surface area (TPSA) is 55.8 Å². The van der Waals surface area contributed by atoms with Gasteiger partial charge in [-0.1, -0.05) is 22.9 Å². The number of methoxy groups -OCH3 is 2. The summed E-state index contributed by atoms with van der Waals surface area (Å²) in [5.41, 5.74) is 0. The molecule has 0 spiro atoms. The van der Waals surface area contributed by atoms with Gasteiger partial charge in [0.15, 0.2) is 0 Å².